The molecule has 34 heavy (non-hydrogen) atoms. The van der Waals surface area contributed by atoms with Crippen molar-refractivity contribution < 1.29 is 40.3 Å². The molecule has 1 aliphatic rings. The van der Waals surface area contributed by atoms with Gasteiger partial charge in [-0.25, -0.2) is 8.42 Å². The van der Waals surface area contributed by atoms with E-state index in [1.165, 1.54) is 12.1 Å². The van der Waals surface area contributed by atoms with Crippen molar-refractivity contribution in [3.05, 3.63) is 77.2 Å². The second-order valence-electron chi connectivity index (χ2n) is 7.65. The number of hydrogen-bond donors (Lipinski definition) is 1. The Balaban J connectivity index is 1.44. The average molecular weight is 495 g/mol. The number of furan rings is 1. The Hall–Kier alpha value is -3.47. The Kier molecular flexibility index (Phi) is 6.30. The van der Waals surface area contributed by atoms with Gasteiger partial charge in [0.15, 0.2) is 27.1 Å². The molecule has 0 fully saturated rings. The van der Waals surface area contributed by atoms with E-state index < -0.39 is 44.2 Å². The molecule has 2 heterocycles. The number of amides is 1. The maximum atomic E-state index is 12.9. The SMILES string of the molecule is C[C@H](NC(=O)c1ccc(CS(=O)(=O)c2cccc(C(F)(F)F)c2)o1)c1ccc2c(c1)OCCO2. The highest BCUT2D eigenvalue weighted by Crippen LogP contribution is 2.33. The number of rotatable bonds is 6. The maximum Gasteiger partial charge on any atom is 0.416 e. The molecule has 7 nitrogen and oxygen atoms in total. The number of fused-ring (bicyclic) bond motifs is 1. The molecule has 1 aliphatic heterocycles. The molecule has 0 saturated carbocycles. The van der Waals surface area contributed by atoms with Crippen LogP contribution >= 0.6 is 0 Å². The number of ether oxygens (including phenoxy) is 2. The van der Waals surface area contributed by atoms with Gasteiger partial charge in [-0.15, -0.1) is 0 Å². The van der Waals surface area contributed by atoms with Crippen LogP contribution in [0.2, 0.25) is 0 Å². The van der Waals surface area contributed by atoms with Crippen LogP contribution in [0.3, 0.4) is 0 Å². The first-order valence-corrected chi connectivity index (χ1v) is 11.9. The summed E-state index contributed by atoms with van der Waals surface area (Å²) in [5.41, 5.74) is -0.308. The summed E-state index contributed by atoms with van der Waals surface area (Å²) in [5.74, 6) is -0.284. The van der Waals surface area contributed by atoms with E-state index in [2.05, 4.69) is 5.32 Å². The van der Waals surface area contributed by atoms with Gasteiger partial charge in [0, 0.05) is 0 Å². The molecule has 1 amide bonds. The highest BCUT2D eigenvalue weighted by molar-refractivity contribution is 7.90. The number of sulfone groups is 1. The van der Waals surface area contributed by atoms with Crippen molar-refractivity contribution in [3.63, 3.8) is 0 Å². The maximum absolute atomic E-state index is 12.9. The van der Waals surface area contributed by atoms with Crippen LogP contribution < -0.4 is 14.8 Å². The molecule has 0 saturated heterocycles. The van der Waals surface area contributed by atoms with Crippen LogP contribution in [0.1, 0.15) is 40.4 Å². The molecule has 0 spiro atoms. The number of benzene rings is 2. The van der Waals surface area contributed by atoms with E-state index in [-0.39, 0.29) is 11.5 Å². The lowest BCUT2D eigenvalue weighted by molar-refractivity contribution is -0.137. The Bertz CT molecular complexity index is 1320. The summed E-state index contributed by atoms with van der Waals surface area (Å²) >= 11 is 0. The quantitative estimate of drug-likeness (QED) is 0.540. The van der Waals surface area contributed by atoms with E-state index in [4.69, 9.17) is 13.9 Å². The van der Waals surface area contributed by atoms with E-state index in [0.29, 0.717) is 30.8 Å². The minimum absolute atomic E-state index is 0.0745. The first kappa shape index (κ1) is 23.7. The molecule has 0 radical (unpaired) electrons. The Labute approximate surface area is 193 Å². The van der Waals surface area contributed by atoms with E-state index >= 15 is 0 Å². The first-order chi connectivity index (χ1) is 16.0. The van der Waals surface area contributed by atoms with Crippen molar-refractivity contribution in [1.29, 1.82) is 0 Å². The zero-order valence-electron chi connectivity index (χ0n) is 17.9. The van der Waals surface area contributed by atoms with Gasteiger partial charge in [-0.05, 0) is 55.0 Å². The fourth-order valence-electron chi connectivity index (χ4n) is 3.39. The highest BCUT2D eigenvalue weighted by atomic mass is 32.2. The highest BCUT2D eigenvalue weighted by Gasteiger charge is 2.32. The van der Waals surface area contributed by atoms with Gasteiger partial charge in [0.1, 0.15) is 24.7 Å². The molecule has 0 aliphatic carbocycles. The van der Waals surface area contributed by atoms with Gasteiger partial charge < -0.3 is 19.2 Å². The number of nitrogens with one attached hydrogen (secondary N) is 1. The Morgan fingerprint density at radius 1 is 1.03 bits per heavy atom. The molecule has 4 rings (SSSR count). The number of alkyl halides is 3. The molecule has 180 valence electrons. The molecule has 2 aromatic carbocycles. The van der Waals surface area contributed by atoms with E-state index in [0.717, 1.165) is 23.8 Å². The lowest BCUT2D eigenvalue weighted by Gasteiger charge is -2.21. The van der Waals surface area contributed by atoms with Crippen LogP contribution in [-0.4, -0.2) is 27.5 Å². The summed E-state index contributed by atoms with van der Waals surface area (Å²) in [6.45, 7) is 2.64. The Morgan fingerprint density at radius 3 is 2.50 bits per heavy atom. The number of carbonyl (C=O) groups excluding carboxylic acids is 1. The third kappa shape index (κ3) is 5.19. The second-order valence-corrected chi connectivity index (χ2v) is 9.64. The first-order valence-electron chi connectivity index (χ1n) is 10.2. The lowest BCUT2D eigenvalue weighted by atomic mass is 10.1. The zero-order valence-corrected chi connectivity index (χ0v) is 18.7. The normalized spacial score (nSPS) is 14.5. The molecule has 11 heteroatoms. The summed E-state index contributed by atoms with van der Waals surface area (Å²) < 4.78 is 80.3. The minimum Gasteiger partial charge on any atom is -0.486 e. The van der Waals surface area contributed by atoms with Gasteiger partial charge in [-0.3, -0.25) is 4.79 Å². The monoisotopic (exact) mass is 495 g/mol. The topological polar surface area (TPSA) is 94.8 Å². The van der Waals surface area contributed by atoms with Crippen LogP contribution in [0.5, 0.6) is 11.5 Å². The van der Waals surface area contributed by atoms with Crippen molar-refractivity contribution in [2.45, 2.75) is 29.8 Å². The second kappa shape index (κ2) is 9.05. The molecular weight excluding hydrogens is 475 g/mol. The van der Waals surface area contributed by atoms with E-state index in [9.17, 15) is 26.4 Å². The number of hydrogen-bond acceptors (Lipinski definition) is 6. The predicted octanol–water partition coefficient (Wildman–Crippen LogP) is 4.53. The van der Waals surface area contributed by atoms with Gasteiger partial charge in [0.2, 0.25) is 0 Å². The fourth-order valence-corrected chi connectivity index (χ4v) is 4.68. The van der Waals surface area contributed by atoms with E-state index in [1.54, 1.807) is 25.1 Å². The third-order valence-corrected chi connectivity index (χ3v) is 6.79. The average Bonchev–Trinajstić information content (AvgIpc) is 3.26. The zero-order chi connectivity index (χ0) is 24.5. The Morgan fingerprint density at radius 2 is 1.76 bits per heavy atom. The summed E-state index contributed by atoms with van der Waals surface area (Å²) in [5, 5.41) is 2.75. The van der Waals surface area contributed by atoms with Crippen LogP contribution in [-0.2, 0) is 21.8 Å². The standard InChI is InChI=1S/C23H20F3NO6S/c1-14(15-5-7-19-21(11-15)32-10-9-31-19)27-22(28)20-8-6-17(33-20)13-34(29,30)18-4-2-3-16(12-18)23(24,25)26/h2-8,11-12,14H,9-10,13H2,1H3,(H,27,28)/t14-/m0/s1. The van der Waals surface area contributed by atoms with Crippen LogP contribution in [0, 0.1) is 0 Å². The predicted molar refractivity (Wildman–Crippen MR) is 114 cm³/mol. The fraction of sp³-hybridized carbons (Fsp3) is 0.261. The van der Waals surface area contributed by atoms with Gasteiger partial charge in [-0.1, -0.05) is 12.1 Å². The lowest BCUT2D eigenvalue weighted by Crippen LogP contribution is -2.26. The van der Waals surface area contributed by atoms with Crippen molar-refractivity contribution in [1.82, 2.24) is 5.32 Å². The molecule has 1 N–H and O–H groups in total. The van der Waals surface area contributed by atoms with Crippen LogP contribution in [0.25, 0.3) is 0 Å². The molecule has 3 aromatic rings. The van der Waals surface area contributed by atoms with Gasteiger partial charge in [0.25, 0.3) is 5.91 Å². The number of carbonyl (C=O) groups is 1. The minimum atomic E-state index is -4.67. The van der Waals surface area contributed by atoms with Crippen molar-refractivity contribution in [2.75, 3.05) is 13.2 Å². The van der Waals surface area contributed by atoms with Crippen molar-refractivity contribution in [3.8, 4) is 11.5 Å². The van der Waals surface area contributed by atoms with Crippen LogP contribution in [0.15, 0.2) is 63.9 Å². The van der Waals surface area contributed by atoms with E-state index in [1.807, 2.05) is 0 Å². The summed E-state index contributed by atoms with van der Waals surface area (Å²) in [6, 6.07) is 10.9. The largest absolute Gasteiger partial charge is 0.486 e. The van der Waals surface area contributed by atoms with Crippen molar-refractivity contribution >= 4 is 15.7 Å². The molecule has 1 aromatic heterocycles. The smallest absolute Gasteiger partial charge is 0.416 e. The van der Waals surface area contributed by atoms with Gasteiger partial charge in [0.05, 0.1) is 16.5 Å². The summed E-state index contributed by atoms with van der Waals surface area (Å²) in [4.78, 5) is 12.1. The summed E-state index contributed by atoms with van der Waals surface area (Å²) in [7, 11) is -4.13. The molecular formula is C23H20F3NO6S. The summed E-state index contributed by atoms with van der Waals surface area (Å²) in [6.07, 6.45) is -4.67. The van der Waals surface area contributed by atoms with Gasteiger partial charge >= 0.3 is 6.18 Å². The van der Waals surface area contributed by atoms with Gasteiger partial charge in [-0.2, -0.15) is 13.2 Å². The van der Waals surface area contributed by atoms with Crippen molar-refractivity contribution in [2.24, 2.45) is 0 Å². The molecule has 0 unspecified atom stereocenters. The molecule has 1 atom stereocenters. The third-order valence-electron chi connectivity index (χ3n) is 5.15. The molecule has 0 bridgehead atoms. The van der Waals surface area contributed by atoms with Crippen LogP contribution in [0.4, 0.5) is 13.2 Å². The number of halogens is 3.